The number of carbonyl (C=O) groups excluding carboxylic acids is 1. The van der Waals surface area contributed by atoms with Gasteiger partial charge in [0.15, 0.2) is 0 Å². The molecule has 3 heteroatoms. The molecule has 0 aliphatic carbocycles. The van der Waals surface area contributed by atoms with E-state index in [0.717, 1.165) is 11.1 Å². The predicted molar refractivity (Wildman–Crippen MR) is 94.8 cm³/mol. The van der Waals surface area contributed by atoms with E-state index in [-0.39, 0.29) is 11.8 Å². The summed E-state index contributed by atoms with van der Waals surface area (Å²) in [6, 6.07) is 19.6. The normalized spacial score (nSPS) is 19.8. The van der Waals surface area contributed by atoms with Crippen LogP contribution in [0.2, 0.25) is 0 Å². The lowest BCUT2D eigenvalue weighted by Gasteiger charge is -2.15. The highest BCUT2D eigenvalue weighted by Crippen LogP contribution is 2.35. The van der Waals surface area contributed by atoms with Crippen LogP contribution >= 0.6 is 11.6 Å². The van der Waals surface area contributed by atoms with Crippen molar-refractivity contribution < 1.29 is 4.79 Å². The van der Waals surface area contributed by atoms with Crippen LogP contribution in [-0.4, -0.2) is 17.4 Å². The molecule has 23 heavy (non-hydrogen) atoms. The number of rotatable bonds is 4. The molecule has 1 saturated heterocycles. The summed E-state index contributed by atoms with van der Waals surface area (Å²) in [4.78, 5) is 14.7. The van der Waals surface area contributed by atoms with Crippen molar-refractivity contribution in [3.8, 4) is 0 Å². The zero-order chi connectivity index (χ0) is 16.2. The van der Waals surface area contributed by atoms with E-state index in [1.807, 2.05) is 71.6 Å². The van der Waals surface area contributed by atoms with Crippen LogP contribution in [0.3, 0.4) is 0 Å². The molecular formula is C20H18ClNO. The van der Waals surface area contributed by atoms with E-state index in [1.54, 1.807) is 0 Å². The first kappa shape index (κ1) is 15.6. The van der Waals surface area contributed by atoms with Gasteiger partial charge in [-0.15, -0.1) is 6.58 Å². The maximum atomic E-state index is 12.8. The van der Waals surface area contributed by atoms with Crippen LogP contribution in [0.1, 0.15) is 11.1 Å². The van der Waals surface area contributed by atoms with E-state index < -0.39 is 0 Å². The summed E-state index contributed by atoms with van der Waals surface area (Å²) in [6.45, 7) is 5.08. The maximum absolute atomic E-state index is 12.8. The lowest BCUT2D eigenvalue weighted by Crippen LogP contribution is -2.24. The second kappa shape index (κ2) is 6.84. The average Bonchev–Trinajstić information content (AvgIpc) is 2.92. The van der Waals surface area contributed by atoms with Crippen LogP contribution in [-0.2, 0) is 11.3 Å². The molecule has 0 aromatic heterocycles. The molecule has 3 rings (SSSR count). The molecule has 2 aromatic rings. The molecule has 0 N–H and O–H groups in total. The Balaban J connectivity index is 1.92. The number of hydrogen-bond donors (Lipinski definition) is 0. The highest BCUT2D eigenvalue weighted by atomic mass is 35.5. The van der Waals surface area contributed by atoms with Gasteiger partial charge in [0.1, 0.15) is 0 Å². The number of nitrogens with zero attached hydrogens (tertiary/aromatic N) is 1. The Labute approximate surface area is 141 Å². The summed E-state index contributed by atoms with van der Waals surface area (Å²) in [6.07, 6.45) is 1.81. The molecule has 2 aromatic carbocycles. The minimum absolute atomic E-state index is 0.00685. The predicted octanol–water partition coefficient (Wildman–Crippen LogP) is 4.48. The van der Waals surface area contributed by atoms with Gasteiger partial charge in [0.25, 0.3) is 5.91 Å². The molecule has 1 aliphatic heterocycles. The standard InChI is InChI=1S/C20H18ClNO/c1-2-16-14-22(13-15-9-5-3-6-10-15)20(23)18(16)19(21)17-11-7-4-8-12-17/h2-12,16H,1,13-14H2/b19-18+. The van der Waals surface area contributed by atoms with Crippen LogP contribution in [0, 0.1) is 5.92 Å². The van der Waals surface area contributed by atoms with Gasteiger partial charge >= 0.3 is 0 Å². The van der Waals surface area contributed by atoms with E-state index in [9.17, 15) is 4.79 Å². The van der Waals surface area contributed by atoms with Crippen LogP contribution in [0.4, 0.5) is 0 Å². The third-order valence-corrected chi connectivity index (χ3v) is 4.49. The van der Waals surface area contributed by atoms with Gasteiger partial charge < -0.3 is 4.90 Å². The lowest BCUT2D eigenvalue weighted by atomic mass is 10.00. The lowest BCUT2D eigenvalue weighted by molar-refractivity contribution is -0.125. The van der Waals surface area contributed by atoms with Crippen molar-refractivity contribution in [2.45, 2.75) is 6.54 Å². The topological polar surface area (TPSA) is 20.3 Å². The Bertz CT molecular complexity index is 737. The van der Waals surface area contributed by atoms with Gasteiger partial charge in [-0.25, -0.2) is 0 Å². The van der Waals surface area contributed by atoms with Crippen LogP contribution in [0.5, 0.6) is 0 Å². The Morgan fingerprint density at radius 1 is 1.13 bits per heavy atom. The van der Waals surface area contributed by atoms with Crippen LogP contribution < -0.4 is 0 Å². The summed E-state index contributed by atoms with van der Waals surface area (Å²) in [5.41, 5.74) is 2.62. The van der Waals surface area contributed by atoms with Crippen molar-refractivity contribution in [1.82, 2.24) is 4.90 Å². The fourth-order valence-electron chi connectivity index (χ4n) is 2.87. The molecule has 1 aliphatic rings. The second-order valence-electron chi connectivity index (χ2n) is 5.61. The highest BCUT2D eigenvalue weighted by Gasteiger charge is 2.35. The maximum Gasteiger partial charge on any atom is 0.252 e. The summed E-state index contributed by atoms with van der Waals surface area (Å²) >= 11 is 6.53. The van der Waals surface area contributed by atoms with Gasteiger partial charge in [0.2, 0.25) is 0 Å². The fourth-order valence-corrected chi connectivity index (χ4v) is 3.22. The molecule has 1 atom stereocenters. The Morgan fingerprint density at radius 2 is 1.74 bits per heavy atom. The quantitative estimate of drug-likeness (QED) is 0.600. The molecule has 0 bridgehead atoms. The highest BCUT2D eigenvalue weighted by molar-refractivity contribution is 6.51. The largest absolute Gasteiger partial charge is 0.334 e. The second-order valence-corrected chi connectivity index (χ2v) is 5.99. The Morgan fingerprint density at radius 3 is 2.35 bits per heavy atom. The van der Waals surface area contributed by atoms with Crippen LogP contribution in [0.25, 0.3) is 5.03 Å². The smallest absolute Gasteiger partial charge is 0.252 e. The van der Waals surface area contributed by atoms with Crippen molar-refractivity contribution in [2.24, 2.45) is 5.92 Å². The number of halogens is 1. The van der Waals surface area contributed by atoms with E-state index in [1.165, 1.54) is 0 Å². The van der Waals surface area contributed by atoms with Crippen LogP contribution in [0.15, 0.2) is 78.9 Å². The molecule has 1 fully saturated rings. The van der Waals surface area contributed by atoms with Gasteiger partial charge in [-0.05, 0) is 11.1 Å². The summed E-state index contributed by atoms with van der Waals surface area (Å²) in [5.74, 6) is -0.0495. The van der Waals surface area contributed by atoms with Gasteiger partial charge in [0, 0.05) is 24.6 Å². The molecule has 1 heterocycles. The van der Waals surface area contributed by atoms with Crippen molar-refractivity contribution in [3.63, 3.8) is 0 Å². The van der Waals surface area contributed by atoms with Gasteiger partial charge in [-0.2, -0.15) is 0 Å². The molecule has 0 spiro atoms. The third-order valence-electron chi connectivity index (χ3n) is 4.07. The summed E-state index contributed by atoms with van der Waals surface area (Å²) < 4.78 is 0. The van der Waals surface area contributed by atoms with E-state index in [0.29, 0.717) is 23.7 Å². The van der Waals surface area contributed by atoms with Crippen molar-refractivity contribution >= 4 is 22.5 Å². The number of likely N-dealkylation sites (tertiary alicyclic amines) is 1. The number of carbonyl (C=O) groups is 1. The van der Waals surface area contributed by atoms with Gasteiger partial charge in [-0.3, -0.25) is 4.79 Å². The number of amides is 1. The monoisotopic (exact) mass is 323 g/mol. The number of benzene rings is 2. The van der Waals surface area contributed by atoms with Crippen molar-refractivity contribution in [2.75, 3.05) is 6.54 Å². The van der Waals surface area contributed by atoms with Gasteiger partial charge in [0.05, 0.1) is 5.03 Å². The summed E-state index contributed by atoms with van der Waals surface area (Å²) in [7, 11) is 0. The molecule has 2 nitrogen and oxygen atoms in total. The van der Waals surface area contributed by atoms with E-state index >= 15 is 0 Å². The molecule has 1 unspecified atom stereocenters. The van der Waals surface area contributed by atoms with E-state index in [4.69, 9.17) is 11.6 Å². The SMILES string of the molecule is C=CC1CN(Cc2ccccc2)C(=O)/C1=C(/Cl)c1ccccc1. The zero-order valence-corrected chi connectivity index (χ0v) is 13.5. The minimum atomic E-state index is -0.0427. The first-order chi connectivity index (χ1) is 11.2. The average molecular weight is 324 g/mol. The molecule has 116 valence electrons. The molecular weight excluding hydrogens is 306 g/mol. The van der Waals surface area contributed by atoms with E-state index in [2.05, 4.69) is 6.58 Å². The molecule has 0 saturated carbocycles. The van der Waals surface area contributed by atoms with Gasteiger partial charge in [-0.1, -0.05) is 78.3 Å². The fraction of sp³-hybridized carbons (Fsp3) is 0.150. The summed E-state index contributed by atoms with van der Waals surface area (Å²) in [5, 5.41) is 0.524. The Hall–Kier alpha value is -2.32. The van der Waals surface area contributed by atoms with Crippen molar-refractivity contribution in [3.05, 3.63) is 90.0 Å². The zero-order valence-electron chi connectivity index (χ0n) is 12.8. The minimum Gasteiger partial charge on any atom is -0.334 e. The first-order valence-corrected chi connectivity index (χ1v) is 7.99. The first-order valence-electron chi connectivity index (χ1n) is 7.61. The third kappa shape index (κ3) is 3.22. The molecule has 0 radical (unpaired) electrons. The molecule has 1 amide bonds. The van der Waals surface area contributed by atoms with Crippen molar-refractivity contribution in [1.29, 1.82) is 0 Å². The Kier molecular flexibility index (Phi) is 4.63. The number of hydrogen-bond acceptors (Lipinski definition) is 1.